The number of benzene rings is 1. The average Bonchev–Trinajstić information content (AvgIpc) is 2.20. The van der Waals surface area contributed by atoms with Crippen molar-refractivity contribution in [3.63, 3.8) is 0 Å². The van der Waals surface area contributed by atoms with Gasteiger partial charge in [0.05, 0.1) is 26.4 Å². The Labute approximate surface area is 84.7 Å². The monoisotopic (exact) mass is 193 g/mol. The minimum absolute atomic E-state index is 0.756. The topological polar surface area (TPSA) is 37.0 Å². The first-order valence-electron chi connectivity index (χ1n) is 4.79. The quantitative estimate of drug-likeness (QED) is 0.405. The molecule has 0 aliphatic heterocycles. The predicted octanol–water partition coefficient (Wildman–Crippen LogP) is 0.400. The third-order valence-corrected chi connectivity index (χ3v) is 2.09. The van der Waals surface area contributed by atoms with Crippen molar-refractivity contribution in [2.45, 2.75) is 6.42 Å². The number of nitrogens with one attached hydrogen (secondary N) is 1. The summed E-state index contributed by atoms with van der Waals surface area (Å²) in [5.74, 6) is 0. The van der Waals surface area contributed by atoms with Crippen molar-refractivity contribution in [1.29, 1.82) is 0 Å². The van der Waals surface area contributed by atoms with Crippen LogP contribution in [0.15, 0.2) is 35.5 Å². The van der Waals surface area contributed by atoms with E-state index in [9.17, 15) is 0 Å². The highest BCUT2D eigenvalue weighted by molar-refractivity contribution is 6.00. The standard InChI is InChI=1S/C11H16N2O/c1-13(2)9-8-11(12-14)10-6-4-3-5-7-10/h3-7,14H,8-9H2,1-2H3/p+1/b12-11+. The van der Waals surface area contributed by atoms with Crippen molar-refractivity contribution in [3.05, 3.63) is 35.9 Å². The van der Waals surface area contributed by atoms with E-state index in [1.54, 1.807) is 0 Å². The van der Waals surface area contributed by atoms with Crippen molar-refractivity contribution in [3.8, 4) is 0 Å². The molecule has 0 bridgehead atoms. The fraction of sp³-hybridized carbons (Fsp3) is 0.364. The summed E-state index contributed by atoms with van der Waals surface area (Å²) in [7, 11) is 4.17. The minimum atomic E-state index is 0.756. The molecule has 0 atom stereocenters. The van der Waals surface area contributed by atoms with Crippen LogP contribution in [0.1, 0.15) is 12.0 Å². The van der Waals surface area contributed by atoms with Crippen molar-refractivity contribution < 1.29 is 10.1 Å². The largest absolute Gasteiger partial charge is 0.411 e. The molecule has 3 heteroatoms. The molecule has 0 aromatic heterocycles. The molecular weight excluding hydrogens is 176 g/mol. The van der Waals surface area contributed by atoms with E-state index >= 15 is 0 Å². The van der Waals surface area contributed by atoms with Crippen molar-refractivity contribution >= 4 is 5.71 Å². The van der Waals surface area contributed by atoms with Gasteiger partial charge in [0.15, 0.2) is 0 Å². The molecule has 14 heavy (non-hydrogen) atoms. The first kappa shape index (κ1) is 10.7. The number of hydrogen-bond donors (Lipinski definition) is 2. The number of hydrogen-bond acceptors (Lipinski definition) is 2. The van der Waals surface area contributed by atoms with Gasteiger partial charge in [0.2, 0.25) is 0 Å². The number of nitrogens with zero attached hydrogens (tertiary/aromatic N) is 1. The summed E-state index contributed by atoms with van der Waals surface area (Å²) >= 11 is 0. The van der Waals surface area contributed by atoms with E-state index in [1.165, 1.54) is 4.90 Å². The van der Waals surface area contributed by atoms with Gasteiger partial charge in [-0.2, -0.15) is 0 Å². The third kappa shape index (κ3) is 3.18. The highest BCUT2D eigenvalue weighted by atomic mass is 16.4. The molecule has 0 aliphatic carbocycles. The Morgan fingerprint density at radius 2 is 1.93 bits per heavy atom. The summed E-state index contributed by atoms with van der Waals surface area (Å²) in [6.45, 7) is 0.967. The fourth-order valence-electron chi connectivity index (χ4n) is 1.25. The van der Waals surface area contributed by atoms with E-state index in [2.05, 4.69) is 19.3 Å². The number of quaternary nitrogens is 1. The molecule has 1 aromatic carbocycles. The first-order chi connectivity index (χ1) is 6.74. The van der Waals surface area contributed by atoms with Crippen LogP contribution in [0.5, 0.6) is 0 Å². The van der Waals surface area contributed by atoms with Gasteiger partial charge in [-0.3, -0.25) is 0 Å². The normalized spacial score (nSPS) is 12.1. The lowest BCUT2D eigenvalue weighted by atomic mass is 10.1. The summed E-state index contributed by atoms with van der Waals surface area (Å²) in [5, 5.41) is 12.2. The lowest BCUT2D eigenvalue weighted by Crippen LogP contribution is -3.05. The Balaban J connectivity index is 2.65. The predicted molar refractivity (Wildman–Crippen MR) is 57.1 cm³/mol. The maximum Gasteiger partial charge on any atom is 0.0923 e. The zero-order valence-electron chi connectivity index (χ0n) is 8.70. The number of oxime groups is 1. The molecule has 0 radical (unpaired) electrons. The molecule has 0 spiro atoms. The van der Waals surface area contributed by atoms with Crippen LogP contribution < -0.4 is 4.90 Å². The van der Waals surface area contributed by atoms with E-state index in [1.807, 2.05) is 30.3 Å². The van der Waals surface area contributed by atoms with E-state index in [-0.39, 0.29) is 0 Å². The van der Waals surface area contributed by atoms with Crippen molar-refractivity contribution in [1.82, 2.24) is 0 Å². The van der Waals surface area contributed by atoms with Crippen LogP contribution in [0.4, 0.5) is 0 Å². The van der Waals surface area contributed by atoms with E-state index < -0.39 is 0 Å². The average molecular weight is 193 g/mol. The Morgan fingerprint density at radius 1 is 1.29 bits per heavy atom. The van der Waals surface area contributed by atoms with E-state index in [0.29, 0.717) is 0 Å². The second-order valence-electron chi connectivity index (χ2n) is 3.62. The van der Waals surface area contributed by atoms with Gasteiger partial charge in [-0.25, -0.2) is 0 Å². The van der Waals surface area contributed by atoms with E-state index in [4.69, 9.17) is 5.21 Å². The molecule has 2 N–H and O–H groups in total. The Morgan fingerprint density at radius 3 is 2.43 bits per heavy atom. The van der Waals surface area contributed by atoms with Crippen LogP contribution in [0, 0.1) is 0 Å². The maximum atomic E-state index is 8.87. The van der Waals surface area contributed by atoms with Gasteiger partial charge in [0.1, 0.15) is 0 Å². The van der Waals surface area contributed by atoms with Crippen molar-refractivity contribution in [2.24, 2.45) is 5.16 Å². The molecule has 0 heterocycles. The molecule has 0 saturated carbocycles. The minimum Gasteiger partial charge on any atom is -0.411 e. The SMILES string of the molecule is C[NH+](C)CC/C(=N\O)c1ccccc1. The Bertz CT molecular complexity index is 293. The molecule has 0 saturated heterocycles. The van der Waals surface area contributed by atoms with Crippen LogP contribution in [0.25, 0.3) is 0 Å². The smallest absolute Gasteiger partial charge is 0.0923 e. The third-order valence-electron chi connectivity index (χ3n) is 2.09. The van der Waals surface area contributed by atoms with Gasteiger partial charge in [0.25, 0.3) is 0 Å². The second-order valence-corrected chi connectivity index (χ2v) is 3.62. The molecule has 1 rings (SSSR count). The van der Waals surface area contributed by atoms with Gasteiger partial charge in [-0.1, -0.05) is 35.5 Å². The Kier molecular flexibility index (Phi) is 4.13. The summed E-state index contributed by atoms with van der Waals surface area (Å²) in [4.78, 5) is 1.35. The molecule has 0 fully saturated rings. The maximum absolute atomic E-state index is 8.87. The highest BCUT2D eigenvalue weighted by Gasteiger charge is 2.05. The van der Waals surface area contributed by atoms with Crippen LogP contribution in [-0.4, -0.2) is 31.6 Å². The van der Waals surface area contributed by atoms with Crippen LogP contribution >= 0.6 is 0 Å². The first-order valence-corrected chi connectivity index (χ1v) is 4.79. The fourth-order valence-corrected chi connectivity index (χ4v) is 1.25. The van der Waals surface area contributed by atoms with Gasteiger partial charge >= 0.3 is 0 Å². The lowest BCUT2D eigenvalue weighted by molar-refractivity contribution is -0.857. The second kappa shape index (κ2) is 5.40. The molecule has 3 nitrogen and oxygen atoms in total. The van der Waals surface area contributed by atoms with Gasteiger partial charge in [-0.15, -0.1) is 0 Å². The van der Waals surface area contributed by atoms with Gasteiger partial charge < -0.3 is 10.1 Å². The zero-order valence-corrected chi connectivity index (χ0v) is 8.70. The summed E-state index contributed by atoms with van der Waals surface area (Å²) < 4.78 is 0. The van der Waals surface area contributed by atoms with Crippen LogP contribution in [0.3, 0.4) is 0 Å². The molecule has 0 amide bonds. The zero-order chi connectivity index (χ0) is 10.4. The molecular formula is C11H17N2O+. The van der Waals surface area contributed by atoms with Crippen LogP contribution in [-0.2, 0) is 0 Å². The van der Waals surface area contributed by atoms with E-state index in [0.717, 1.165) is 24.2 Å². The summed E-state index contributed by atoms with van der Waals surface area (Å²) in [5.41, 5.74) is 1.75. The van der Waals surface area contributed by atoms with Gasteiger partial charge in [0, 0.05) is 6.42 Å². The molecule has 76 valence electrons. The van der Waals surface area contributed by atoms with Gasteiger partial charge in [-0.05, 0) is 5.56 Å². The molecule has 0 unspecified atom stereocenters. The molecule has 0 aliphatic rings. The Hall–Kier alpha value is -1.35. The summed E-state index contributed by atoms with van der Waals surface area (Å²) in [6, 6.07) is 9.77. The van der Waals surface area contributed by atoms with Crippen molar-refractivity contribution in [2.75, 3.05) is 20.6 Å². The number of rotatable bonds is 4. The lowest BCUT2D eigenvalue weighted by Gasteiger charge is -2.07. The summed E-state index contributed by atoms with van der Waals surface area (Å²) in [6.07, 6.45) is 0.794. The highest BCUT2D eigenvalue weighted by Crippen LogP contribution is 2.02. The van der Waals surface area contributed by atoms with Crippen LogP contribution in [0.2, 0.25) is 0 Å². The molecule has 1 aromatic rings.